The number of nitrogens with zero attached hydrogens (tertiary/aromatic N) is 2. The number of aryl methyl sites for hydroxylation is 2. The van der Waals surface area contributed by atoms with Crippen LogP contribution in [0.3, 0.4) is 0 Å². The van der Waals surface area contributed by atoms with Gasteiger partial charge in [0.2, 0.25) is 0 Å². The van der Waals surface area contributed by atoms with Crippen molar-refractivity contribution in [2.24, 2.45) is 12.8 Å². The Morgan fingerprint density at radius 3 is 2.85 bits per heavy atom. The van der Waals surface area contributed by atoms with Crippen LogP contribution in [0.5, 0.6) is 0 Å². The molecule has 0 saturated carbocycles. The molecule has 1 rings (SSSR count). The summed E-state index contributed by atoms with van der Waals surface area (Å²) in [6.07, 6.45) is 2.12. The van der Waals surface area contributed by atoms with E-state index in [-0.39, 0.29) is 6.42 Å². The van der Waals surface area contributed by atoms with Crippen molar-refractivity contribution in [1.82, 2.24) is 9.78 Å². The number of aliphatic carboxylic acids is 1. The Labute approximate surface area is 76.2 Å². The van der Waals surface area contributed by atoms with Gasteiger partial charge in [0.15, 0.2) is 0 Å². The molecule has 0 fully saturated rings. The van der Waals surface area contributed by atoms with Crippen LogP contribution in [0.1, 0.15) is 11.3 Å². The SMILES string of the molecule is Cc1cn(C)nc1CC(N)C(=O)O. The molecule has 0 spiro atoms. The summed E-state index contributed by atoms with van der Waals surface area (Å²) in [7, 11) is 1.79. The molecular weight excluding hydrogens is 170 g/mol. The molecule has 0 radical (unpaired) electrons. The Kier molecular flexibility index (Phi) is 2.67. The lowest BCUT2D eigenvalue weighted by Crippen LogP contribution is -2.32. The number of hydrogen-bond donors (Lipinski definition) is 2. The number of aromatic nitrogens is 2. The molecular formula is C8H13N3O2. The number of hydrogen-bond acceptors (Lipinski definition) is 3. The van der Waals surface area contributed by atoms with E-state index >= 15 is 0 Å². The van der Waals surface area contributed by atoms with E-state index in [2.05, 4.69) is 5.10 Å². The van der Waals surface area contributed by atoms with Crippen LogP contribution in [-0.2, 0) is 18.3 Å². The second kappa shape index (κ2) is 3.57. The molecule has 13 heavy (non-hydrogen) atoms. The Bertz CT molecular complexity index is 319. The van der Waals surface area contributed by atoms with E-state index in [4.69, 9.17) is 10.8 Å². The van der Waals surface area contributed by atoms with Gasteiger partial charge >= 0.3 is 5.97 Å². The maximum Gasteiger partial charge on any atom is 0.320 e. The molecule has 0 bridgehead atoms. The monoisotopic (exact) mass is 183 g/mol. The molecule has 1 unspecified atom stereocenters. The second-order valence-electron chi connectivity index (χ2n) is 3.08. The first-order valence-corrected chi connectivity index (χ1v) is 3.98. The van der Waals surface area contributed by atoms with Crippen molar-refractivity contribution in [3.63, 3.8) is 0 Å². The van der Waals surface area contributed by atoms with E-state index < -0.39 is 12.0 Å². The van der Waals surface area contributed by atoms with E-state index in [1.165, 1.54) is 0 Å². The Balaban J connectivity index is 2.74. The number of nitrogens with two attached hydrogens (primary N) is 1. The summed E-state index contributed by atoms with van der Waals surface area (Å²) >= 11 is 0. The van der Waals surface area contributed by atoms with Crippen molar-refractivity contribution in [1.29, 1.82) is 0 Å². The van der Waals surface area contributed by atoms with Crippen molar-refractivity contribution in [2.75, 3.05) is 0 Å². The quantitative estimate of drug-likeness (QED) is 0.673. The Morgan fingerprint density at radius 1 is 1.85 bits per heavy atom. The summed E-state index contributed by atoms with van der Waals surface area (Å²) < 4.78 is 1.65. The van der Waals surface area contributed by atoms with Gasteiger partial charge in [0.1, 0.15) is 6.04 Å². The van der Waals surface area contributed by atoms with Gasteiger partial charge in [-0.1, -0.05) is 0 Å². The third-order valence-electron chi connectivity index (χ3n) is 1.84. The number of carboxylic acid groups (broad SMARTS) is 1. The first-order valence-electron chi connectivity index (χ1n) is 3.98. The van der Waals surface area contributed by atoms with Gasteiger partial charge in [-0.3, -0.25) is 9.48 Å². The maximum absolute atomic E-state index is 10.5. The molecule has 0 aliphatic heterocycles. The molecule has 5 nitrogen and oxygen atoms in total. The fraction of sp³-hybridized carbons (Fsp3) is 0.500. The van der Waals surface area contributed by atoms with E-state index in [9.17, 15) is 4.79 Å². The fourth-order valence-electron chi connectivity index (χ4n) is 1.15. The maximum atomic E-state index is 10.5. The predicted octanol–water partition coefficient (Wildman–Crippen LogP) is -0.317. The predicted molar refractivity (Wildman–Crippen MR) is 47.3 cm³/mol. The van der Waals surface area contributed by atoms with Gasteiger partial charge in [0.25, 0.3) is 0 Å². The lowest BCUT2D eigenvalue weighted by atomic mass is 10.1. The molecule has 1 aromatic heterocycles. The van der Waals surface area contributed by atoms with Gasteiger partial charge in [-0.15, -0.1) is 0 Å². The Hall–Kier alpha value is -1.36. The molecule has 0 aliphatic carbocycles. The van der Waals surface area contributed by atoms with Crippen molar-refractivity contribution >= 4 is 5.97 Å². The van der Waals surface area contributed by atoms with Gasteiger partial charge in [0.05, 0.1) is 5.69 Å². The average Bonchev–Trinajstić information content (AvgIpc) is 2.30. The zero-order chi connectivity index (χ0) is 10.0. The fourth-order valence-corrected chi connectivity index (χ4v) is 1.15. The van der Waals surface area contributed by atoms with Crippen LogP contribution in [0.4, 0.5) is 0 Å². The molecule has 0 aliphatic rings. The van der Waals surface area contributed by atoms with Gasteiger partial charge in [0, 0.05) is 19.7 Å². The summed E-state index contributed by atoms with van der Waals surface area (Å²) in [4.78, 5) is 10.5. The third-order valence-corrected chi connectivity index (χ3v) is 1.84. The molecule has 1 atom stereocenters. The molecule has 5 heteroatoms. The largest absolute Gasteiger partial charge is 0.480 e. The average molecular weight is 183 g/mol. The molecule has 3 N–H and O–H groups in total. The van der Waals surface area contributed by atoms with Crippen LogP contribution in [0.2, 0.25) is 0 Å². The lowest BCUT2D eigenvalue weighted by molar-refractivity contribution is -0.138. The highest BCUT2D eigenvalue weighted by Gasteiger charge is 2.15. The first-order chi connectivity index (χ1) is 6.00. The summed E-state index contributed by atoms with van der Waals surface area (Å²) in [5.74, 6) is -0.995. The van der Waals surface area contributed by atoms with Crippen molar-refractivity contribution in [3.05, 3.63) is 17.5 Å². The van der Waals surface area contributed by atoms with E-state index in [1.807, 2.05) is 13.1 Å². The third kappa shape index (κ3) is 2.29. The number of carboxylic acids is 1. The minimum Gasteiger partial charge on any atom is -0.480 e. The van der Waals surface area contributed by atoms with Crippen molar-refractivity contribution < 1.29 is 9.90 Å². The Morgan fingerprint density at radius 2 is 2.46 bits per heavy atom. The van der Waals surface area contributed by atoms with E-state index in [1.54, 1.807) is 11.7 Å². The molecule has 1 heterocycles. The van der Waals surface area contributed by atoms with Crippen LogP contribution in [0.15, 0.2) is 6.20 Å². The van der Waals surface area contributed by atoms with Crippen LogP contribution in [0.25, 0.3) is 0 Å². The van der Waals surface area contributed by atoms with Crippen LogP contribution in [0, 0.1) is 6.92 Å². The van der Waals surface area contributed by atoms with Gasteiger partial charge < -0.3 is 10.8 Å². The summed E-state index contributed by atoms with van der Waals surface area (Å²) in [5.41, 5.74) is 7.10. The summed E-state index contributed by atoms with van der Waals surface area (Å²) in [5, 5.41) is 12.7. The summed E-state index contributed by atoms with van der Waals surface area (Å²) in [6, 6.07) is -0.867. The normalized spacial score (nSPS) is 12.8. The first kappa shape index (κ1) is 9.73. The minimum atomic E-state index is -0.995. The van der Waals surface area contributed by atoms with Crippen LogP contribution in [-0.4, -0.2) is 26.9 Å². The number of carbonyl (C=O) groups is 1. The van der Waals surface area contributed by atoms with E-state index in [0.29, 0.717) is 0 Å². The van der Waals surface area contributed by atoms with Crippen LogP contribution >= 0.6 is 0 Å². The van der Waals surface area contributed by atoms with Gasteiger partial charge in [-0.05, 0) is 12.5 Å². The highest BCUT2D eigenvalue weighted by molar-refractivity contribution is 5.73. The van der Waals surface area contributed by atoms with Crippen molar-refractivity contribution in [3.8, 4) is 0 Å². The number of rotatable bonds is 3. The molecule has 72 valence electrons. The van der Waals surface area contributed by atoms with E-state index in [0.717, 1.165) is 11.3 Å². The second-order valence-corrected chi connectivity index (χ2v) is 3.08. The molecule has 0 aromatic carbocycles. The highest BCUT2D eigenvalue weighted by Crippen LogP contribution is 2.06. The minimum absolute atomic E-state index is 0.280. The zero-order valence-electron chi connectivity index (χ0n) is 7.69. The van der Waals surface area contributed by atoms with Gasteiger partial charge in [-0.25, -0.2) is 0 Å². The summed E-state index contributed by atoms with van der Waals surface area (Å²) in [6.45, 7) is 1.89. The molecule has 0 saturated heterocycles. The zero-order valence-corrected chi connectivity index (χ0v) is 7.69. The molecule has 1 aromatic rings. The standard InChI is InChI=1S/C8H13N3O2/c1-5-4-11(2)10-7(5)3-6(9)8(12)13/h4,6H,3,9H2,1-2H3,(H,12,13). The van der Waals surface area contributed by atoms with Gasteiger partial charge in [-0.2, -0.15) is 5.10 Å². The lowest BCUT2D eigenvalue weighted by Gasteiger charge is -2.03. The highest BCUT2D eigenvalue weighted by atomic mass is 16.4. The van der Waals surface area contributed by atoms with Crippen LogP contribution < -0.4 is 5.73 Å². The smallest absolute Gasteiger partial charge is 0.320 e. The topological polar surface area (TPSA) is 81.1 Å². The van der Waals surface area contributed by atoms with Crippen molar-refractivity contribution in [2.45, 2.75) is 19.4 Å². The molecule has 0 amide bonds.